The maximum absolute atomic E-state index is 12.3. The van der Waals surface area contributed by atoms with Gasteiger partial charge in [-0.15, -0.1) is 11.3 Å². The number of aryl methyl sites for hydroxylation is 2. The quantitative estimate of drug-likeness (QED) is 0.915. The lowest BCUT2D eigenvalue weighted by Gasteiger charge is -2.04. The first-order valence-electron chi connectivity index (χ1n) is 6.80. The third kappa shape index (κ3) is 3.67. The average molecular weight is 288 g/mol. The second-order valence-corrected chi connectivity index (χ2v) is 6.52. The highest BCUT2D eigenvalue weighted by Gasteiger charge is 2.15. The monoisotopic (exact) mass is 288 g/mol. The number of benzene rings is 1. The highest BCUT2D eigenvalue weighted by molar-refractivity contribution is 7.13. The number of carbonyl (C=O) groups excluding carboxylic acids is 1. The van der Waals surface area contributed by atoms with Gasteiger partial charge in [0.25, 0.3) is 5.91 Å². The van der Waals surface area contributed by atoms with Crippen LogP contribution in [0.3, 0.4) is 0 Å². The van der Waals surface area contributed by atoms with Crippen molar-refractivity contribution in [2.45, 2.75) is 34.1 Å². The van der Waals surface area contributed by atoms with Gasteiger partial charge >= 0.3 is 0 Å². The molecule has 0 radical (unpaired) electrons. The Kier molecular flexibility index (Phi) is 4.55. The van der Waals surface area contributed by atoms with Gasteiger partial charge in [-0.05, 0) is 31.9 Å². The summed E-state index contributed by atoms with van der Waals surface area (Å²) in [7, 11) is 0. The highest BCUT2D eigenvalue weighted by Crippen LogP contribution is 2.22. The number of aromatic nitrogens is 1. The van der Waals surface area contributed by atoms with Gasteiger partial charge in [0.05, 0.1) is 10.7 Å². The number of carbonyl (C=O) groups is 1. The minimum Gasteiger partial charge on any atom is -0.321 e. The van der Waals surface area contributed by atoms with E-state index in [4.69, 9.17) is 0 Å². The zero-order valence-electron chi connectivity index (χ0n) is 12.4. The maximum atomic E-state index is 12.3. The van der Waals surface area contributed by atoms with E-state index in [1.54, 1.807) is 0 Å². The Morgan fingerprint density at radius 1 is 1.25 bits per heavy atom. The molecule has 2 aromatic rings. The fourth-order valence-corrected chi connectivity index (χ4v) is 3.10. The Morgan fingerprint density at radius 3 is 2.50 bits per heavy atom. The molecule has 4 heteroatoms. The van der Waals surface area contributed by atoms with Crippen LogP contribution >= 0.6 is 11.3 Å². The summed E-state index contributed by atoms with van der Waals surface area (Å²) in [5, 5.41) is 3.96. The van der Waals surface area contributed by atoms with Crippen molar-refractivity contribution in [3.05, 3.63) is 45.4 Å². The van der Waals surface area contributed by atoms with E-state index in [-0.39, 0.29) is 5.91 Å². The van der Waals surface area contributed by atoms with Gasteiger partial charge in [-0.2, -0.15) is 0 Å². The van der Waals surface area contributed by atoms with Crippen molar-refractivity contribution in [2.24, 2.45) is 5.92 Å². The van der Waals surface area contributed by atoms with Crippen LogP contribution in [0.2, 0.25) is 0 Å². The minimum atomic E-state index is -0.0705. The SMILES string of the molecule is Cc1ccc(NC(=O)c2sc(CC(C)C)nc2C)cc1. The summed E-state index contributed by atoms with van der Waals surface area (Å²) in [6.45, 7) is 8.23. The summed E-state index contributed by atoms with van der Waals surface area (Å²) in [5.41, 5.74) is 2.81. The normalized spacial score (nSPS) is 10.8. The van der Waals surface area contributed by atoms with E-state index in [0.717, 1.165) is 22.8 Å². The van der Waals surface area contributed by atoms with Crippen molar-refractivity contribution >= 4 is 22.9 Å². The number of nitrogens with zero attached hydrogens (tertiary/aromatic N) is 1. The van der Waals surface area contributed by atoms with Gasteiger partial charge in [0, 0.05) is 12.1 Å². The molecule has 0 saturated heterocycles. The molecule has 0 saturated carbocycles. The summed E-state index contributed by atoms with van der Waals surface area (Å²) in [4.78, 5) is 17.5. The molecule has 0 atom stereocenters. The van der Waals surface area contributed by atoms with E-state index in [9.17, 15) is 4.79 Å². The lowest BCUT2D eigenvalue weighted by Crippen LogP contribution is -2.11. The molecular formula is C16H20N2OS. The van der Waals surface area contributed by atoms with E-state index >= 15 is 0 Å². The maximum Gasteiger partial charge on any atom is 0.267 e. The van der Waals surface area contributed by atoms with Crippen molar-refractivity contribution in [2.75, 3.05) is 5.32 Å². The van der Waals surface area contributed by atoms with E-state index < -0.39 is 0 Å². The Labute approximate surface area is 124 Å². The molecule has 0 aliphatic heterocycles. The third-order valence-corrected chi connectivity index (χ3v) is 4.12. The van der Waals surface area contributed by atoms with Crippen molar-refractivity contribution in [3.63, 3.8) is 0 Å². The average Bonchev–Trinajstić information content (AvgIpc) is 2.72. The number of amides is 1. The Balaban J connectivity index is 2.12. The molecule has 0 aliphatic carbocycles. The molecule has 0 unspecified atom stereocenters. The van der Waals surface area contributed by atoms with Gasteiger partial charge in [-0.25, -0.2) is 4.98 Å². The van der Waals surface area contributed by atoms with Gasteiger partial charge in [0.2, 0.25) is 0 Å². The minimum absolute atomic E-state index is 0.0705. The van der Waals surface area contributed by atoms with E-state index in [1.165, 1.54) is 16.9 Å². The van der Waals surface area contributed by atoms with Crippen molar-refractivity contribution < 1.29 is 4.79 Å². The van der Waals surface area contributed by atoms with Gasteiger partial charge in [-0.3, -0.25) is 4.79 Å². The van der Waals surface area contributed by atoms with Gasteiger partial charge in [-0.1, -0.05) is 31.5 Å². The molecule has 20 heavy (non-hydrogen) atoms. The second kappa shape index (κ2) is 6.18. The summed E-state index contributed by atoms with van der Waals surface area (Å²) in [6, 6.07) is 7.80. The predicted octanol–water partition coefficient (Wildman–Crippen LogP) is 4.21. The van der Waals surface area contributed by atoms with Crippen LogP contribution in [0.1, 0.15) is 39.8 Å². The first-order valence-corrected chi connectivity index (χ1v) is 7.61. The van der Waals surface area contributed by atoms with Crippen LogP contribution < -0.4 is 5.32 Å². The van der Waals surface area contributed by atoms with E-state index in [0.29, 0.717) is 10.8 Å². The first kappa shape index (κ1) is 14.7. The third-order valence-electron chi connectivity index (χ3n) is 2.94. The fourth-order valence-electron chi connectivity index (χ4n) is 1.92. The Morgan fingerprint density at radius 2 is 1.90 bits per heavy atom. The number of rotatable bonds is 4. The summed E-state index contributed by atoms with van der Waals surface area (Å²) in [6.07, 6.45) is 0.920. The number of hydrogen-bond acceptors (Lipinski definition) is 3. The molecule has 106 valence electrons. The zero-order chi connectivity index (χ0) is 14.7. The molecule has 0 spiro atoms. The van der Waals surface area contributed by atoms with Gasteiger partial charge < -0.3 is 5.32 Å². The second-order valence-electron chi connectivity index (χ2n) is 5.44. The number of thiazole rings is 1. The van der Waals surface area contributed by atoms with Crippen LogP contribution in [0.15, 0.2) is 24.3 Å². The fraction of sp³-hybridized carbons (Fsp3) is 0.375. The Hall–Kier alpha value is -1.68. The lowest BCUT2D eigenvalue weighted by atomic mass is 10.1. The highest BCUT2D eigenvalue weighted by atomic mass is 32.1. The van der Waals surface area contributed by atoms with Crippen LogP contribution in [0, 0.1) is 19.8 Å². The smallest absolute Gasteiger partial charge is 0.267 e. The Bertz CT molecular complexity index is 599. The van der Waals surface area contributed by atoms with E-state index in [1.807, 2.05) is 38.1 Å². The van der Waals surface area contributed by atoms with Crippen molar-refractivity contribution in [1.82, 2.24) is 4.98 Å². The number of hydrogen-bond donors (Lipinski definition) is 1. The standard InChI is InChI=1S/C16H20N2OS/c1-10(2)9-14-17-12(4)15(20-14)16(19)18-13-7-5-11(3)6-8-13/h5-8,10H,9H2,1-4H3,(H,18,19). The molecule has 2 rings (SSSR count). The van der Waals surface area contributed by atoms with E-state index in [2.05, 4.69) is 24.1 Å². The summed E-state index contributed by atoms with van der Waals surface area (Å²) < 4.78 is 0. The topological polar surface area (TPSA) is 42.0 Å². The molecule has 0 aliphatic rings. The molecule has 1 heterocycles. The zero-order valence-corrected chi connectivity index (χ0v) is 13.2. The van der Waals surface area contributed by atoms with Crippen LogP contribution in [0.4, 0.5) is 5.69 Å². The van der Waals surface area contributed by atoms with Crippen molar-refractivity contribution in [3.8, 4) is 0 Å². The first-order chi connectivity index (χ1) is 9.45. The molecule has 0 fully saturated rings. The van der Waals surface area contributed by atoms with Crippen LogP contribution in [-0.4, -0.2) is 10.9 Å². The molecule has 3 nitrogen and oxygen atoms in total. The van der Waals surface area contributed by atoms with Gasteiger partial charge in [0.1, 0.15) is 4.88 Å². The number of nitrogens with one attached hydrogen (secondary N) is 1. The van der Waals surface area contributed by atoms with Crippen LogP contribution in [0.25, 0.3) is 0 Å². The van der Waals surface area contributed by atoms with Crippen LogP contribution in [0.5, 0.6) is 0 Å². The molecule has 1 N–H and O–H groups in total. The number of anilines is 1. The molecule has 1 aromatic carbocycles. The van der Waals surface area contributed by atoms with Crippen molar-refractivity contribution in [1.29, 1.82) is 0 Å². The molecule has 1 amide bonds. The van der Waals surface area contributed by atoms with Gasteiger partial charge in [0.15, 0.2) is 0 Å². The largest absolute Gasteiger partial charge is 0.321 e. The lowest BCUT2D eigenvalue weighted by molar-refractivity contribution is 0.103. The molecule has 0 bridgehead atoms. The summed E-state index contributed by atoms with van der Waals surface area (Å²) >= 11 is 1.50. The molecule has 1 aromatic heterocycles. The summed E-state index contributed by atoms with van der Waals surface area (Å²) in [5.74, 6) is 0.479. The predicted molar refractivity (Wildman–Crippen MR) is 84.5 cm³/mol. The molecular weight excluding hydrogens is 268 g/mol. The van der Waals surface area contributed by atoms with Crippen LogP contribution in [-0.2, 0) is 6.42 Å².